The van der Waals surface area contributed by atoms with Crippen molar-refractivity contribution in [2.75, 3.05) is 44.7 Å². The Morgan fingerprint density at radius 1 is 1.11 bits per heavy atom. The SMILES string of the molecule is CN(c1nc(OC[C@@]23CCCN2C[C@H](F)C3)nc2c(F)c(-c3cccc4cccc(Cl)c34)ncc12)C1CCN(C(=O)/C=C/c2nc(C3(F)CCC3)no2)C1. The minimum atomic E-state index is -1.56. The lowest BCUT2D eigenvalue weighted by Crippen LogP contribution is -2.43. The van der Waals surface area contributed by atoms with Crippen LogP contribution >= 0.6 is 11.6 Å². The highest BCUT2D eigenvalue weighted by atomic mass is 35.5. The number of anilines is 1. The number of pyridine rings is 1. The molecule has 6 heterocycles. The predicted molar refractivity (Wildman–Crippen MR) is 197 cm³/mol. The Kier molecular flexibility index (Phi) is 8.72. The molecule has 280 valence electrons. The maximum absolute atomic E-state index is 16.9. The molecule has 3 aromatic heterocycles. The van der Waals surface area contributed by atoms with E-state index < -0.39 is 23.2 Å². The van der Waals surface area contributed by atoms with Crippen molar-refractivity contribution in [2.24, 2.45) is 0 Å². The molecule has 9 rings (SSSR count). The molecule has 3 atom stereocenters. The van der Waals surface area contributed by atoms with Gasteiger partial charge in [0.25, 0.3) is 5.89 Å². The predicted octanol–water partition coefficient (Wildman–Crippen LogP) is 7.07. The molecule has 5 aromatic rings. The van der Waals surface area contributed by atoms with E-state index in [2.05, 4.69) is 25.0 Å². The smallest absolute Gasteiger partial charge is 0.319 e. The number of rotatable bonds is 9. The lowest BCUT2D eigenvalue weighted by molar-refractivity contribution is -0.124. The molecular weight excluding hydrogens is 721 g/mol. The average molecular weight is 759 g/mol. The maximum atomic E-state index is 16.9. The van der Waals surface area contributed by atoms with Crippen LogP contribution in [0.1, 0.15) is 56.7 Å². The van der Waals surface area contributed by atoms with Crippen molar-refractivity contribution in [3.63, 3.8) is 0 Å². The number of likely N-dealkylation sites (tertiary alicyclic amines) is 1. The van der Waals surface area contributed by atoms with Gasteiger partial charge in [0.2, 0.25) is 11.7 Å². The van der Waals surface area contributed by atoms with Crippen LogP contribution in [0.4, 0.5) is 19.0 Å². The average Bonchev–Trinajstić information content (AvgIpc) is 3.97. The Morgan fingerprint density at radius 3 is 2.76 bits per heavy atom. The molecule has 4 fully saturated rings. The molecule has 54 heavy (non-hydrogen) atoms. The quantitative estimate of drug-likeness (QED) is 0.145. The normalized spacial score (nSPS) is 23.8. The topological polar surface area (TPSA) is 114 Å². The zero-order valence-electron chi connectivity index (χ0n) is 29.7. The fourth-order valence-electron chi connectivity index (χ4n) is 8.56. The van der Waals surface area contributed by atoms with Gasteiger partial charge in [-0.25, -0.2) is 13.2 Å². The van der Waals surface area contributed by atoms with Crippen molar-refractivity contribution < 1.29 is 27.2 Å². The van der Waals surface area contributed by atoms with E-state index >= 15 is 4.39 Å². The van der Waals surface area contributed by atoms with E-state index in [1.807, 2.05) is 36.2 Å². The van der Waals surface area contributed by atoms with Crippen molar-refractivity contribution in [1.29, 1.82) is 0 Å². The zero-order valence-corrected chi connectivity index (χ0v) is 30.4. The Bertz CT molecular complexity index is 2300. The van der Waals surface area contributed by atoms with Crippen LogP contribution in [-0.4, -0.2) is 98.4 Å². The molecule has 11 nitrogen and oxygen atoms in total. The molecule has 0 bridgehead atoms. The molecule has 3 saturated heterocycles. The van der Waals surface area contributed by atoms with Gasteiger partial charge in [0.15, 0.2) is 11.5 Å². The second-order valence-corrected chi connectivity index (χ2v) is 15.4. The molecule has 0 radical (unpaired) electrons. The number of alkyl halides is 2. The molecule has 2 aromatic carbocycles. The summed E-state index contributed by atoms with van der Waals surface area (Å²) in [7, 11) is 1.84. The number of carbonyl (C=O) groups excluding carboxylic acids is 1. The Balaban J connectivity index is 1.02. The molecule has 0 spiro atoms. The third-order valence-electron chi connectivity index (χ3n) is 11.7. The number of likely N-dealkylation sites (N-methyl/N-ethyl adjacent to an activating group) is 1. The monoisotopic (exact) mass is 758 g/mol. The summed E-state index contributed by atoms with van der Waals surface area (Å²) in [5, 5.41) is 6.12. The van der Waals surface area contributed by atoms with Gasteiger partial charge in [-0.15, -0.1) is 0 Å². The number of hydrogen-bond donors (Lipinski definition) is 0. The number of nitrogens with zero attached hydrogens (tertiary/aromatic N) is 8. The fraction of sp³-hybridized carbons (Fsp3) is 0.436. The van der Waals surface area contributed by atoms with Crippen LogP contribution in [0.2, 0.25) is 5.02 Å². The van der Waals surface area contributed by atoms with Crippen molar-refractivity contribution >= 4 is 51.1 Å². The second-order valence-electron chi connectivity index (χ2n) is 15.0. The van der Waals surface area contributed by atoms with E-state index in [0.29, 0.717) is 72.5 Å². The number of benzene rings is 2. The lowest BCUT2D eigenvalue weighted by Gasteiger charge is -2.31. The van der Waals surface area contributed by atoms with Gasteiger partial charge in [-0.1, -0.05) is 47.1 Å². The minimum Gasteiger partial charge on any atom is -0.461 e. The van der Waals surface area contributed by atoms with Crippen LogP contribution in [0.5, 0.6) is 6.01 Å². The van der Waals surface area contributed by atoms with Gasteiger partial charge in [0.05, 0.1) is 10.9 Å². The number of aromatic nitrogens is 5. The van der Waals surface area contributed by atoms with Gasteiger partial charge in [-0.3, -0.25) is 14.7 Å². The van der Waals surface area contributed by atoms with Crippen LogP contribution in [0.15, 0.2) is 53.2 Å². The number of amides is 1. The third-order valence-corrected chi connectivity index (χ3v) is 12.0. The lowest BCUT2D eigenvalue weighted by atomic mass is 9.81. The highest BCUT2D eigenvalue weighted by Crippen LogP contribution is 2.44. The highest BCUT2D eigenvalue weighted by molar-refractivity contribution is 6.36. The van der Waals surface area contributed by atoms with Crippen molar-refractivity contribution in [2.45, 2.75) is 68.4 Å². The summed E-state index contributed by atoms with van der Waals surface area (Å²) in [5.74, 6) is -0.451. The highest BCUT2D eigenvalue weighted by Gasteiger charge is 2.49. The molecule has 1 unspecified atom stereocenters. The first-order chi connectivity index (χ1) is 26.1. The summed E-state index contributed by atoms with van der Waals surface area (Å²) in [6, 6.07) is 10.8. The van der Waals surface area contributed by atoms with Gasteiger partial charge in [-0.2, -0.15) is 15.0 Å². The maximum Gasteiger partial charge on any atom is 0.319 e. The Labute approximate surface area is 314 Å². The van der Waals surface area contributed by atoms with Crippen LogP contribution in [-0.2, 0) is 10.5 Å². The summed E-state index contributed by atoms with van der Waals surface area (Å²) in [4.78, 5) is 37.1. The molecule has 0 N–H and O–H groups in total. The molecule has 3 aliphatic heterocycles. The standard InChI is InChI=1S/C39H38ClF3N8O3/c1-49(25-12-17-50(21-25)30(52)11-10-29-45-36(48-54-29)39(43)14-4-15-39)35-27-19-44-33(26-8-2-6-23-7-3-9-28(40)31(23)26)32(42)34(27)46-37(47-35)53-22-38-13-5-16-51(38)20-24(41)18-38/h2-3,6-11,19,24-25H,4-5,12-18,20-22H2,1H3/b11-10+/t24-,25?,38+/m1/s1. The molecule has 1 aliphatic carbocycles. The van der Waals surface area contributed by atoms with Gasteiger partial charge < -0.3 is 19.1 Å². The van der Waals surface area contributed by atoms with Gasteiger partial charge in [0, 0.05) is 73.5 Å². The minimum absolute atomic E-state index is 0.0122. The van der Waals surface area contributed by atoms with E-state index in [0.717, 1.165) is 31.2 Å². The molecule has 15 heteroatoms. The number of ether oxygens (including phenoxy) is 1. The van der Waals surface area contributed by atoms with E-state index in [1.54, 1.807) is 23.2 Å². The molecule has 1 saturated carbocycles. The van der Waals surface area contributed by atoms with Crippen LogP contribution in [0.3, 0.4) is 0 Å². The van der Waals surface area contributed by atoms with E-state index in [9.17, 15) is 13.6 Å². The van der Waals surface area contributed by atoms with Crippen molar-refractivity contribution in [1.82, 2.24) is 34.9 Å². The van der Waals surface area contributed by atoms with E-state index in [1.165, 1.54) is 12.2 Å². The summed E-state index contributed by atoms with van der Waals surface area (Å²) in [6.07, 6.45) is 7.55. The summed E-state index contributed by atoms with van der Waals surface area (Å²) in [6.45, 7) is 2.14. The van der Waals surface area contributed by atoms with E-state index in [-0.39, 0.29) is 47.5 Å². The summed E-state index contributed by atoms with van der Waals surface area (Å²) < 4.78 is 57.6. The molecular formula is C39H38ClF3N8O3. The van der Waals surface area contributed by atoms with Crippen molar-refractivity contribution in [3.05, 3.63) is 71.2 Å². The Morgan fingerprint density at radius 2 is 1.94 bits per heavy atom. The summed E-state index contributed by atoms with van der Waals surface area (Å²) in [5.41, 5.74) is -1.38. The first kappa shape index (κ1) is 34.9. The van der Waals surface area contributed by atoms with Crippen LogP contribution in [0.25, 0.3) is 39.0 Å². The largest absolute Gasteiger partial charge is 0.461 e. The number of carbonyl (C=O) groups is 1. The van der Waals surface area contributed by atoms with Crippen molar-refractivity contribution in [3.8, 4) is 17.3 Å². The fourth-order valence-corrected chi connectivity index (χ4v) is 8.84. The number of halogens is 4. The zero-order chi connectivity index (χ0) is 37.2. The summed E-state index contributed by atoms with van der Waals surface area (Å²) >= 11 is 6.63. The van der Waals surface area contributed by atoms with Gasteiger partial charge in [-0.05, 0) is 56.5 Å². The van der Waals surface area contributed by atoms with Crippen LogP contribution < -0.4 is 9.64 Å². The number of fused-ring (bicyclic) bond motifs is 3. The molecule has 1 amide bonds. The van der Waals surface area contributed by atoms with Gasteiger partial charge in [0.1, 0.15) is 29.8 Å². The first-order valence-corrected chi connectivity index (χ1v) is 18.8. The van der Waals surface area contributed by atoms with Gasteiger partial charge >= 0.3 is 6.01 Å². The molecule has 4 aliphatic rings. The van der Waals surface area contributed by atoms with E-state index in [4.69, 9.17) is 25.8 Å². The second kappa shape index (κ2) is 13.5. The third kappa shape index (κ3) is 6.03. The van der Waals surface area contributed by atoms with Crippen LogP contribution in [0, 0.1) is 5.82 Å². The first-order valence-electron chi connectivity index (χ1n) is 18.4. The Hall–Kier alpha value is -4.82. The number of hydrogen-bond acceptors (Lipinski definition) is 10.